The Bertz CT molecular complexity index is 546. The Morgan fingerprint density at radius 2 is 2.25 bits per heavy atom. The van der Waals surface area contributed by atoms with Gasteiger partial charge in [0.2, 0.25) is 0 Å². The number of carbonyl (C=O) groups is 1. The highest BCUT2D eigenvalue weighted by molar-refractivity contribution is 5.99. The van der Waals surface area contributed by atoms with Crippen LogP contribution in [0, 0.1) is 10.1 Å². The molecule has 0 aliphatic carbocycles. The zero-order valence-electron chi connectivity index (χ0n) is 11.4. The van der Waals surface area contributed by atoms with Crippen LogP contribution in [0.25, 0.3) is 0 Å². The van der Waals surface area contributed by atoms with Gasteiger partial charge in [-0.15, -0.1) is 0 Å². The number of non-ortho nitro benzene ring substituents is 1. The molecule has 0 radical (unpaired) electrons. The number of hydrogen-bond donors (Lipinski definition) is 1. The van der Waals surface area contributed by atoms with E-state index in [1.54, 1.807) is 11.9 Å². The summed E-state index contributed by atoms with van der Waals surface area (Å²) in [7, 11) is 1.66. The summed E-state index contributed by atoms with van der Waals surface area (Å²) in [6, 6.07) is 3.84. The molecule has 108 valence electrons. The van der Waals surface area contributed by atoms with Crippen LogP contribution >= 0.6 is 0 Å². The molecule has 1 heterocycles. The average molecular weight is 279 g/mol. The van der Waals surface area contributed by atoms with E-state index < -0.39 is 4.92 Å². The first-order valence-corrected chi connectivity index (χ1v) is 6.34. The van der Waals surface area contributed by atoms with Gasteiger partial charge in [0.05, 0.1) is 22.6 Å². The van der Waals surface area contributed by atoms with E-state index in [-0.39, 0.29) is 35.0 Å². The molecule has 1 aliphatic heterocycles. The van der Waals surface area contributed by atoms with Crippen LogP contribution in [-0.4, -0.2) is 41.5 Å². The average Bonchev–Trinajstić information content (AvgIpc) is 2.83. The molecule has 7 heteroatoms. The Labute approximate surface area is 116 Å². The number of rotatable bonds is 3. The maximum Gasteiger partial charge on any atom is 0.270 e. The second-order valence-electron chi connectivity index (χ2n) is 4.88. The van der Waals surface area contributed by atoms with Crippen LogP contribution in [0.5, 0.6) is 0 Å². The highest BCUT2D eigenvalue weighted by Crippen LogP contribution is 2.24. The first kappa shape index (κ1) is 14.3. The predicted molar refractivity (Wildman–Crippen MR) is 73.4 cm³/mol. The van der Waals surface area contributed by atoms with Gasteiger partial charge in [0, 0.05) is 31.5 Å². The van der Waals surface area contributed by atoms with Crippen molar-refractivity contribution in [1.82, 2.24) is 4.90 Å². The lowest BCUT2D eigenvalue weighted by molar-refractivity contribution is -0.384. The number of nitro groups is 1. The predicted octanol–water partition coefficient (Wildman–Crippen LogP) is 1.43. The third-order valence-electron chi connectivity index (χ3n) is 3.63. The Hall–Kier alpha value is -2.15. The van der Waals surface area contributed by atoms with Crippen molar-refractivity contribution in [3.05, 3.63) is 33.9 Å². The number of nitrogens with zero attached hydrogens (tertiary/aromatic N) is 2. The number of nitro benzene ring substituents is 1. The molecule has 1 amide bonds. The summed E-state index contributed by atoms with van der Waals surface area (Å²) in [5, 5.41) is 10.8. The van der Waals surface area contributed by atoms with Gasteiger partial charge in [0.1, 0.15) is 0 Å². The summed E-state index contributed by atoms with van der Waals surface area (Å²) in [6.07, 6.45) is 0.696. The van der Waals surface area contributed by atoms with Gasteiger partial charge in [-0.1, -0.05) is 0 Å². The minimum atomic E-state index is -0.544. The molecule has 1 fully saturated rings. The van der Waals surface area contributed by atoms with Crippen molar-refractivity contribution < 1.29 is 14.5 Å². The summed E-state index contributed by atoms with van der Waals surface area (Å²) in [5.41, 5.74) is 6.00. The van der Waals surface area contributed by atoms with Crippen LogP contribution in [0.15, 0.2) is 18.2 Å². The summed E-state index contributed by atoms with van der Waals surface area (Å²) in [5.74, 6) is -0.325. The number of hydrogen-bond acceptors (Lipinski definition) is 5. The highest BCUT2D eigenvalue weighted by atomic mass is 16.6. The number of nitrogens with two attached hydrogens (primary N) is 1. The smallest absolute Gasteiger partial charge is 0.270 e. The van der Waals surface area contributed by atoms with Gasteiger partial charge in [0.25, 0.3) is 11.6 Å². The van der Waals surface area contributed by atoms with Crippen LogP contribution in [0.4, 0.5) is 11.4 Å². The van der Waals surface area contributed by atoms with Crippen molar-refractivity contribution in [2.75, 3.05) is 19.4 Å². The van der Waals surface area contributed by atoms with Crippen LogP contribution in [0.3, 0.4) is 0 Å². The van der Waals surface area contributed by atoms with Gasteiger partial charge in [-0.25, -0.2) is 0 Å². The molecule has 1 saturated heterocycles. The lowest BCUT2D eigenvalue weighted by Gasteiger charge is -2.27. The van der Waals surface area contributed by atoms with Crippen molar-refractivity contribution >= 4 is 17.3 Å². The molecule has 2 N–H and O–H groups in total. The fraction of sp³-hybridized carbons (Fsp3) is 0.462. The molecular weight excluding hydrogens is 262 g/mol. The Balaban J connectivity index is 2.28. The quantitative estimate of drug-likeness (QED) is 0.512. The molecule has 0 bridgehead atoms. The zero-order valence-corrected chi connectivity index (χ0v) is 11.4. The van der Waals surface area contributed by atoms with Gasteiger partial charge >= 0.3 is 0 Å². The van der Waals surface area contributed by atoms with E-state index in [2.05, 4.69) is 0 Å². The summed E-state index contributed by atoms with van der Waals surface area (Å²) < 4.78 is 5.43. The summed E-state index contributed by atoms with van der Waals surface area (Å²) >= 11 is 0. The van der Waals surface area contributed by atoms with E-state index in [1.165, 1.54) is 18.2 Å². The fourth-order valence-corrected chi connectivity index (χ4v) is 2.41. The molecular formula is C13H17N3O4. The number of ether oxygens (including phenoxy) is 1. The monoisotopic (exact) mass is 279 g/mol. The van der Waals surface area contributed by atoms with Crippen molar-refractivity contribution in [1.29, 1.82) is 0 Å². The summed E-state index contributed by atoms with van der Waals surface area (Å²) in [6.45, 7) is 2.51. The molecule has 2 atom stereocenters. The third kappa shape index (κ3) is 2.57. The van der Waals surface area contributed by atoms with E-state index in [9.17, 15) is 14.9 Å². The van der Waals surface area contributed by atoms with E-state index in [1.807, 2.05) is 6.92 Å². The van der Waals surface area contributed by atoms with E-state index >= 15 is 0 Å². The number of amides is 1. The fourth-order valence-electron chi connectivity index (χ4n) is 2.41. The SMILES string of the molecule is CC1OCCC1N(C)C(=O)c1cc([N+](=O)[O-])ccc1N. The molecule has 0 spiro atoms. The van der Waals surface area contributed by atoms with Crippen molar-refractivity contribution in [3.8, 4) is 0 Å². The van der Waals surface area contributed by atoms with Gasteiger partial charge < -0.3 is 15.4 Å². The third-order valence-corrected chi connectivity index (χ3v) is 3.63. The molecule has 0 aromatic heterocycles. The first-order valence-electron chi connectivity index (χ1n) is 6.34. The molecule has 1 aliphatic rings. The van der Waals surface area contributed by atoms with Gasteiger partial charge in [-0.05, 0) is 19.4 Å². The number of carbonyl (C=O) groups excluding carboxylic acids is 1. The molecule has 1 aromatic carbocycles. The zero-order chi connectivity index (χ0) is 14.9. The van der Waals surface area contributed by atoms with Crippen LogP contribution < -0.4 is 5.73 Å². The molecule has 2 unspecified atom stereocenters. The number of nitrogen functional groups attached to an aromatic ring is 1. The van der Waals surface area contributed by atoms with Crippen molar-refractivity contribution in [2.24, 2.45) is 0 Å². The molecule has 0 saturated carbocycles. The summed E-state index contributed by atoms with van der Waals surface area (Å²) in [4.78, 5) is 24.2. The van der Waals surface area contributed by atoms with Crippen LogP contribution in [0.1, 0.15) is 23.7 Å². The Morgan fingerprint density at radius 1 is 1.55 bits per heavy atom. The second kappa shape index (κ2) is 5.46. The standard InChI is InChI=1S/C13H17N3O4/c1-8-12(5-6-20-8)15(2)13(17)10-7-9(16(18)19)3-4-11(10)14/h3-4,7-8,12H,5-6,14H2,1-2H3. The van der Waals surface area contributed by atoms with Gasteiger partial charge in [-0.2, -0.15) is 0 Å². The Morgan fingerprint density at radius 3 is 2.80 bits per heavy atom. The van der Waals surface area contributed by atoms with Crippen LogP contribution in [0.2, 0.25) is 0 Å². The number of likely N-dealkylation sites (N-methyl/N-ethyl adjacent to an activating group) is 1. The molecule has 1 aromatic rings. The molecule has 20 heavy (non-hydrogen) atoms. The van der Waals surface area contributed by atoms with E-state index in [0.29, 0.717) is 6.61 Å². The normalized spacial score (nSPS) is 21.7. The maximum atomic E-state index is 12.4. The lowest BCUT2D eigenvalue weighted by Crippen LogP contribution is -2.41. The van der Waals surface area contributed by atoms with Crippen molar-refractivity contribution in [2.45, 2.75) is 25.5 Å². The van der Waals surface area contributed by atoms with Crippen molar-refractivity contribution in [3.63, 3.8) is 0 Å². The Kier molecular flexibility index (Phi) is 3.89. The van der Waals surface area contributed by atoms with E-state index in [4.69, 9.17) is 10.5 Å². The lowest BCUT2D eigenvalue weighted by atomic mass is 10.1. The minimum absolute atomic E-state index is 0.0406. The highest BCUT2D eigenvalue weighted by Gasteiger charge is 2.32. The maximum absolute atomic E-state index is 12.4. The van der Waals surface area contributed by atoms with Gasteiger partial charge in [-0.3, -0.25) is 14.9 Å². The molecule has 2 rings (SSSR count). The van der Waals surface area contributed by atoms with E-state index in [0.717, 1.165) is 6.42 Å². The first-order chi connectivity index (χ1) is 9.41. The van der Waals surface area contributed by atoms with Gasteiger partial charge in [0.15, 0.2) is 0 Å². The topological polar surface area (TPSA) is 98.7 Å². The number of anilines is 1. The number of benzene rings is 1. The largest absolute Gasteiger partial charge is 0.398 e. The second-order valence-corrected chi connectivity index (χ2v) is 4.88. The molecule has 7 nitrogen and oxygen atoms in total. The minimum Gasteiger partial charge on any atom is -0.398 e. The van der Waals surface area contributed by atoms with Crippen LogP contribution in [-0.2, 0) is 4.74 Å².